The molecule has 0 saturated carbocycles. The number of ether oxygens (including phenoxy) is 1. The lowest BCUT2D eigenvalue weighted by atomic mass is 10.2. The van der Waals surface area contributed by atoms with E-state index in [9.17, 15) is 9.59 Å². The number of carbonyl (C=O) groups is 2. The minimum atomic E-state index is -0.468. The first kappa shape index (κ1) is 16.7. The summed E-state index contributed by atoms with van der Waals surface area (Å²) in [5.41, 5.74) is 0. The predicted octanol–water partition coefficient (Wildman–Crippen LogP) is 2.44. The molecular formula is C14H25NO3. The molecule has 0 aliphatic heterocycles. The Morgan fingerprint density at radius 3 is 2.50 bits per heavy atom. The fourth-order valence-corrected chi connectivity index (χ4v) is 1.26. The fraction of sp³-hybridized carbons (Fsp3) is 0.714. The molecule has 0 unspecified atom stereocenters. The van der Waals surface area contributed by atoms with Gasteiger partial charge in [-0.3, -0.25) is 4.79 Å². The zero-order chi connectivity index (χ0) is 13.8. The standard InChI is InChI=1S/C14H25NO3/c1-4-5-6-7-10-15-13(16)8-9-14(17)18-11-12(2)3/h8-9,12H,4-7,10-11H2,1-3H3,(H,15,16)/b9-8-. The molecule has 0 aliphatic rings. The summed E-state index contributed by atoms with van der Waals surface area (Å²) in [5, 5.41) is 2.73. The van der Waals surface area contributed by atoms with Gasteiger partial charge in [-0.2, -0.15) is 0 Å². The molecule has 0 fully saturated rings. The Kier molecular flexibility index (Phi) is 10.0. The average Bonchev–Trinajstić information content (AvgIpc) is 2.33. The smallest absolute Gasteiger partial charge is 0.330 e. The van der Waals surface area contributed by atoms with Crippen molar-refractivity contribution < 1.29 is 14.3 Å². The molecule has 0 aromatic rings. The molecule has 1 N–H and O–H groups in total. The minimum absolute atomic E-state index is 0.243. The monoisotopic (exact) mass is 255 g/mol. The SMILES string of the molecule is CCCCCCNC(=O)/C=C\C(=O)OCC(C)C. The minimum Gasteiger partial charge on any atom is -0.462 e. The van der Waals surface area contributed by atoms with Gasteiger partial charge in [0.15, 0.2) is 0 Å². The van der Waals surface area contributed by atoms with Crippen LogP contribution in [0.5, 0.6) is 0 Å². The Hall–Kier alpha value is -1.32. The van der Waals surface area contributed by atoms with Crippen molar-refractivity contribution in [3.05, 3.63) is 12.2 Å². The second kappa shape index (κ2) is 10.8. The van der Waals surface area contributed by atoms with Crippen LogP contribution in [0.4, 0.5) is 0 Å². The van der Waals surface area contributed by atoms with E-state index in [2.05, 4.69) is 12.2 Å². The summed E-state index contributed by atoms with van der Waals surface area (Å²) in [7, 11) is 0. The average molecular weight is 255 g/mol. The van der Waals surface area contributed by atoms with Gasteiger partial charge in [-0.15, -0.1) is 0 Å². The highest BCUT2D eigenvalue weighted by Gasteiger charge is 2.01. The van der Waals surface area contributed by atoms with Crippen molar-refractivity contribution >= 4 is 11.9 Å². The van der Waals surface area contributed by atoms with Gasteiger partial charge >= 0.3 is 5.97 Å². The topological polar surface area (TPSA) is 55.4 Å². The Labute approximate surface area is 110 Å². The maximum absolute atomic E-state index is 11.3. The summed E-state index contributed by atoms with van der Waals surface area (Å²) in [6, 6.07) is 0. The van der Waals surface area contributed by atoms with E-state index in [1.54, 1.807) is 0 Å². The first-order valence-corrected chi connectivity index (χ1v) is 6.69. The highest BCUT2D eigenvalue weighted by atomic mass is 16.5. The van der Waals surface area contributed by atoms with E-state index in [1.807, 2.05) is 13.8 Å². The number of hydrogen-bond donors (Lipinski definition) is 1. The zero-order valence-electron chi connectivity index (χ0n) is 11.7. The normalized spacial score (nSPS) is 10.9. The molecule has 0 bridgehead atoms. The van der Waals surface area contributed by atoms with Crippen molar-refractivity contribution in [1.29, 1.82) is 0 Å². The number of amides is 1. The van der Waals surface area contributed by atoms with Crippen LogP contribution in [0.2, 0.25) is 0 Å². The molecule has 0 aromatic carbocycles. The van der Waals surface area contributed by atoms with Crippen LogP contribution in [0.15, 0.2) is 12.2 Å². The van der Waals surface area contributed by atoms with Crippen LogP contribution in [0.25, 0.3) is 0 Å². The van der Waals surface area contributed by atoms with E-state index >= 15 is 0 Å². The summed E-state index contributed by atoms with van der Waals surface area (Å²) < 4.78 is 4.91. The summed E-state index contributed by atoms with van der Waals surface area (Å²) in [6.07, 6.45) is 6.86. The van der Waals surface area contributed by atoms with Crippen LogP contribution in [0, 0.1) is 5.92 Å². The number of nitrogens with one attached hydrogen (secondary N) is 1. The van der Waals surface area contributed by atoms with E-state index in [0.717, 1.165) is 12.8 Å². The predicted molar refractivity (Wildman–Crippen MR) is 72.1 cm³/mol. The van der Waals surface area contributed by atoms with Crippen LogP contribution in [0.1, 0.15) is 46.5 Å². The maximum Gasteiger partial charge on any atom is 0.330 e. The molecule has 0 aromatic heterocycles. The third kappa shape index (κ3) is 11.2. The van der Waals surface area contributed by atoms with Crippen molar-refractivity contribution in [2.75, 3.05) is 13.2 Å². The van der Waals surface area contributed by atoms with E-state index in [0.29, 0.717) is 19.1 Å². The Balaban J connectivity index is 3.63. The van der Waals surface area contributed by atoms with E-state index in [4.69, 9.17) is 4.74 Å². The molecule has 104 valence electrons. The summed E-state index contributed by atoms with van der Waals surface area (Å²) >= 11 is 0. The van der Waals surface area contributed by atoms with Crippen molar-refractivity contribution in [2.45, 2.75) is 46.5 Å². The molecule has 18 heavy (non-hydrogen) atoms. The molecule has 0 spiro atoms. The molecule has 0 heterocycles. The first-order valence-electron chi connectivity index (χ1n) is 6.69. The van der Waals surface area contributed by atoms with Gasteiger partial charge in [-0.1, -0.05) is 40.0 Å². The number of rotatable bonds is 9. The van der Waals surface area contributed by atoms with Gasteiger partial charge in [0, 0.05) is 18.7 Å². The summed E-state index contributed by atoms with van der Waals surface area (Å²) in [4.78, 5) is 22.5. The van der Waals surface area contributed by atoms with Crippen LogP contribution < -0.4 is 5.32 Å². The van der Waals surface area contributed by atoms with Gasteiger partial charge in [-0.25, -0.2) is 4.79 Å². The Bertz CT molecular complexity index is 272. The van der Waals surface area contributed by atoms with Crippen LogP contribution in [-0.4, -0.2) is 25.0 Å². The molecule has 0 atom stereocenters. The van der Waals surface area contributed by atoms with Gasteiger partial charge in [-0.05, 0) is 12.3 Å². The zero-order valence-corrected chi connectivity index (χ0v) is 11.7. The van der Waals surface area contributed by atoms with Gasteiger partial charge in [0.25, 0.3) is 0 Å². The highest BCUT2D eigenvalue weighted by molar-refractivity contribution is 5.94. The van der Waals surface area contributed by atoms with Crippen molar-refractivity contribution in [1.82, 2.24) is 5.32 Å². The van der Waals surface area contributed by atoms with Crippen molar-refractivity contribution in [3.63, 3.8) is 0 Å². The van der Waals surface area contributed by atoms with Gasteiger partial charge < -0.3 is 10.1 Å². The molecule has 0 rings (SSSR count). The van der Waals surface area contributed by atoms with Gasteiger partial charge in [0.05, 0.1) is 6.61 Å². The molecule has 4 nitrogen and oxygen atoms in total. The second-order valence-corrected chi connectivity index (χ2v) is 4.71. The van der Waals surface area contributed by atoms with E-state index < -0.39 is 5.97 Å². The van der Waals surface area contributed by atoms with Gasteiger partial charge in [0.1, 0.15) is 0 Å². The van der Waals surface area contributed by atoms with Crippen LogP contribution >= 0.6 is 0 Å². The molecule has 0 aliphatic carbocycles. The Morgan fingerprint density at radius 1 is 1.17 bits per heavy atom. The third-order valence-corrected chi connectivity index (χ3v) is 2.26. The third-order valence-electron chi connectivity index (χ3n) is 2.26. The summed E-state index contributed by atoms with van der Waals surface area (Å²) in [6.45, 7) is 7.09. The molecule has 0 radical (unpaired) electrons. The van der Waals surface area contributed by atoms with Crippen LogP contribution in [0.3, 0.4) is 0 Å². The van der Waals surface area contributed by atoms with Crippen molar-refractivity contribution in [2.24, 2.45) is 5.92 Å². The lowest BCUT2D eigenvalue weighted by molar-refractivity contribution is -0.139. The van der Waals surface area contributed by atoms with E-state index in [1.165, 1.54) is 25.0 Å². The van der Waals surface area contributed by atoms with Gasteiger partial charge in [0.2, 0.25) is 5.91 Å². The number of unbranched alkanes of at least 4 members (excludes halogenated alkanes) is 3. The molecule has 0 saturated heterocycles. The lowest BCUT2D eigenvalue weighted by Crippen LogP contribution is -2.22. The molecular weight excluding hydrogens is 230 g/mol. The number of hydrogen-bond acceptors (Lipinski definition) is 3. The Morgan fingerprint density at radius 2 is 1.89 bits per heavy atom. The first-order chi connectivity index (χ1) is 8.56. The summed E-state index contributed by atoms with van der Waals surface area (Å²) in [5.74, 6) is -0.410. The van der Waals surface area contributed by atoms with Crippen LogP contribution in [-0.2, 0) is 14.3 Å². The lowest BCUT2D eigenvalue weighted by Gasteiger charge is -2.04. The fourth-order valence-electron chi connectivity index (χ4n) is 1.26. The highest BCUT2D eigenvalue weighted by Crippen LogP contribution is 1.97. The quantitative estimate of drug-likeness (QED) is 0.391. The number of carbonyl (C=O) groups excluding carboxylic acids is 2. The molecule has 1 amide bonds. The van der Waals surface area contributed by atoms with Crippen molar-refractivity contribution in [3.8, 4) is 0 Å². The molecule has 4 heteroatoms. The second-order valence-electron chi connectivity index (χ2n) is 4.71. The largest absolute Gasteiger partial charge is 0.462 e. The van der Waals surface area contributed by atoms with E-state index in [-0.39, 0.29) is 5.91 Å². The number of esters is 1. The maximum atomic E-state index is 11.3.